The molecule has 0 aromatic heterocycles. The van der Waals surface area contributed by atoms with E-state index < -0.39 is 27.7 Å². The topological polar surface area (TPSA) is 105 Å². The van der Waals surface area contributed by atoms with Gasteiger partial charge in [0.1, 0.15) is 16.4 Å². The smallest absolute Gasteiger partial charge is 0.426 e. The fourth-order valence-electron chi connectivity index (χ4n) is 1.74. The third-order valence-electron chi connectivity index (χ3n) is 3.49. The van der Waals surface area contributed by atoms with E-state index in [0.29, 0.717) is 0 Å². The second-order valence-electron chi connectivity index (χ2n) is 5.51. The summed E-state index contributed by atoms with van der Waals surface area (Å²) in [6.07, 6.45) is -5.22. The van der Waals surface area contributed by atoms with Crippen LogP contribution in [0.15, 0.2) is 17.0 Å². The number of methoxy groups -OCH3 is 2. The zero-order chi connectivity index (χ0) is 20.5. The Morgan fingerprint density at radius 2 is 1.65 bits per heavy atom. The summed E-state index contributed by atoms with van der Waals surface area (Å²) >= 11 is 0. The van der Waals surface area contributed by atoms with Crippen molar-refractivity contribution in [3.05, 3.63) is 12.1 Å². The van der Waals surface area contributed by atoms with Gasteiger partial charge in [0.2, 0.25) is 15.6 Å². The third-order valence-corrected chi connectivity index (χ3v) is 5.32. The third kappa shape index (κ3) is 4.02. The Morgan fingerprint density at radius 3 is 2.04 bits per heavy atom. The van der Waals surface area contributed by atoms with Crippen LogP contribution in [0.4, 0.5) is 18.9 Å². The van der Waals surface area contributed by atoms with Crippen LogP contribution in [0.5, 0.6) is 11.5 Å². The number of halogens is 3. The van der Waals surface area contributed by atoms with Crippen molar-refractivity contribution in [2.24, 2.45) is 0 Å². The van der Waals surface area contributed by atoms with Crippen molar-refractivity contribution in [3.63, 3.8) is 0 Å². The van der Waals surface area contributed by atoms with Crippen LogP contribution in [0, 0.1) is 0 Å². The Kier molecular flexibility index (Phi) is 6.16. The first-order chi connectivity index (χ1) is 11.7. The van der Waals surface area contributed by atoms with Crippen LogP contribution < -0.4 is 14.8 Å². The van der Waals surface area contributed by atoms with Gasteiger partial charge in [-0.15, -0.1) is 0 Å². The van der Waals surface area contributed by atoms with Crippen molar-refractivity contribution < 1.29 is 41.0 Å². The van der Waals surface area contributed by atoms with Crippen LogP contribution in [0.1, 0.15) is 6.92 Å². The van der Waals surface area contributed by atoms with Crippen molar-refractivity contribution in [2.45, 2.75) is 23.6 Å². The van der Waals surface area contributed by atoms with Gasteiger partial charge in [0.05, 0.1) is 19.9 Å². The lowest BCUT2D eigenvalue weighted by atomic mass is 10.1. The molecule has 12 heteroatoms. The number of alkyl halides is 3. The van der Waals surface area contributed by atoms with Crippen LogP contribution >= 0.6 is 0 Å². The molecule has 0 aliphatic heterocycles. The number of benzene rings is 1. The predicted octanol–water partition coefficient (Wildman–Crippen LogP) is 1.21. The summed E-state index contributed by atoms with van der Waals surface area (Å²) in [7, 11) is 0.865. The zero-order valence-corrected chi connectivity index (χ0v) is 15.4. The van der Waals surface area contributed by atoms with Crippen molar-refractivity contribution >= 4 is 21.6 Å². The van der Waals surface area contributed by atoms with Gasteiger partial charge in [0.15, 0.2) is 0 Å². The number of aliphatic hydroxyl groups is 1. The van der Waals surface area contributed by atoms with Gasteiger partial charge in [-0.3, -0.25) is 4.79 Å². The SMILES string of the molecule is COc1cc(S(=O)(=O)N(C)C)c(OC)cc1NC(=O)C(C)(O)C(F)(F)F. The molecular weight excluding hydrogens is 381 g/mol. The van der Waals surface area contributed by atoms with Gasteiger partial charge in [-0.25, -0.2) is 12.7 Å². The first kappa shape index (κ1) is 22.0. The Labute approximate surface area is 148 Å². The Morgan fingerprint density at radius 1 is 1.15 bits per heavy atom. The number of nitrogens with one attached hydrogen (secondary N) is 1. The second-order valence-corrected chi connectivity index (χ2v) is 7.64. The first-order valence-electron chi connectivity index (χ1n) is 6.99. The standard InChI is InChI=1S/C14H19F3N2O6S/c1-13(21,14(15,16)17)12(20)18-8-6-10(25-5)11(7-9(8)24-4)26(22,23)19(2)3/h6-7,21H,1-5H3,(H,18,20). The van der Waals surface area contributed by atoms with Gasteiger partial charge in [0.25, 0.3) is 5.91 Å². The molecule has 0 fully saturated rings. The Bertz CT molecular complexity index is 791. The van der Waals surface area contributed by atoms with Gasteiger partial charge in [-0.2, -0.15) is 13.2 Å². The summed E-state index contributed by atoms with van der Waals surface area (Å²) < 4.78 is 73.8. The van der Waals surface area contributed by atoms with Crippen LogP contribution in [0.2, 0.25) is 0 Å². The molecule has 8 nitrogen and oxygen atoms in total. The molecule has 1 aromatic carbocycles. The molecule has 0 heterocycles. The predicted molar refractivity (Wildman–Crippen MR) is 85.7 cm³/mol. The zero-order valence-electron chi connectivity index (χ0n) is 14.6. The van der Waals surface area contributed by atoms with E-state index in [2.05, 4.69) is 0 Å². The maximum absolute atomic E-state index is 12.8. The van der Waals surface area contributed by atoms with Crippen molar-refractivity contribution in [2.75, 3.05) is 33.6 Å². The Hall–Kier alpha value is -2.05. The molecule has 0 spiro atoms. The molecule has 0 aliphatic carbocycles. The fourth-order valence-corrected chi connectivity index (χ4v) is 2.78. The van der Waals surface area contributed by atoms with E-state index in [1.807, 2.05) is 5.32 Å². The summed E-state index contributed by atoms with van der Waals surface area (Å²) in [6.45, 7) is 0.289. The molecule has 1 unspecified atom stereocenters. The van der Waals surface area contributed by atoms with Crippen molar-refractivity contribution in [3.8, 4) is 11.5 Å². The average molecular weight is 400 g/mol. The first-order valence-corrected chi connectivity index (χ1v) is 8.43. The molecule has 0 saturated carbocycles. The average Bonchev–Trinajstić information content (AvgIpc) is 2.52. The molecule has 2 N–H and O–H groups in total. The lowest BCUT2D eigenvalue weighted by Crippen LogP contribution is -2.52. The number of hydrogen-bond donors (Lipinski definition) is 2. The molecule has 1 atom stereocenters. The van der Waals surface area contributed by atoms with E-state index >= 15 is 0 Å². The molecule has 0 radical (unpaired) electrons. The highest BCUT2D eigenvalue weighted by Gasteiger charge is 2.55. The van der Waals surface area contributed by atoms with E-state index in [9.17, 15) is 31.5 Å². The minimum absolute atomic E-state index is 0.235. The maximum Gasteiger partial charge on any atom is 0.426 e. The van der Waals surface area contributed by atoms with E-state index in [0.717, 1.165) is 30.7 Å². The number of hydrogen-bond acceptors (Lipinski definition) is 6. The van der Waals surface area contributed by atoms with E-state index in [-0.39, 0.29) is 29.0 Å². The van der Waals surface area contributed by atoms with Gasteiger partial charge in [0, 0.05) is 26.2 Å². The van der Waals surface area contributed by atoms with Crippen molar-refractivity contribution in [1.82, 2.24) is 4.31 Å². The highest BCUT2D eigenvalue weighted by molar-refractivity contribution is 7.89. The van der Waals surface area contributed by atoms with Crippen LogP contribution in [-0.2, 0) is 14.8 Å². The van der Waals surface area contributed by atoms with Gasteiger partial charge in [-0.05, 0) is 6.92 Å². The quantitative estimate of drug-likeness (QED) is 0.744. The van der Waals surface area contributed by atoms with Crippen LogP contribution in [0.3, 0.4) is 0 Å². The number of carbonyl (C=O) groups is 1. The number of rotatable bonds is 6. The number of sulfonamides is 1. The molecule has 0 saturated heterocycles. The summed E-state index contributed by atoms with van der Waals surface area (Å²) in [5, 5.41) is 11.3. The number of nitrogens with zero attached hydrogens (tertiary/aromatic N) is 1. The summed E-state index contributed by atoms with van der Waals surface area (Å²) in [5.74, 6) is -2.24. The number of ether oxygens (including phenoxy) is 2. The lowest BCUT2D eigenvalue weighted by Gasteiger charge is -2.25. The minimum atomic E-state index is -5.22. The van der Waals surface area contributed by atoms with Gasteiger partial charge in [-0.1, -0.05) is 0 Å². The van der Waals surface area contributed by atoms with Gasteiger partial charge < -0.3 is 19.9 Å². The molecule has 1 aromatic rings. The maximum atomic E-state index is 12.8. The highest BCUT2D eigenvalue weighted by atomic mass is 32.2. The Balaban J connectivity index is 3.46. The molecule has 26 heavy (non-hydrogen) atoms. The second kappa shape index (κ2) is 7.29. The molecule has 1 rings (SSSR count). The summed E-state index contributed by atoms with van der Waals surface area (Å²) in [4.78, 5) is 11.5. The normalized spacial score (nSPS) is 14.7. The van der Waals surface area contributed by atoms with Crippen LogP contribution in [-0.4, -0.2) is 63.8 Å². The van der Waals surface area contributed by atoms with E-state index in [4.69, 9.17) is 9.47 Å². The molecule has 1 amide bonds. The number of carbonyl (C=O) groups excluding carboxylic acids is 1. The molecular formula is C14H19F3N2O6S. The van der Waals surface area contributed by atoms with Gasteiger partial charge >= 0.3 is 6.18 Å². The number of anilines is 1. The molecule has 148 valence electrons. The summed E-state index contributed by atoms with van der Waals surface area (Å²) in [5.41, 5.74) is -3.98. The summed E-state index contributed by atoms with van der Waals surface area (Å²) in [6, 6.07) is 1.98. The largest absolute Gasteiger partial charge is 0.495 e. The fraction of sp³-hybridized carbons (Fsp3) is 0.500. The molecule has 0 bridgehead atoms. The van der Waals surface area contributed by atoms with E-state index in [1.54, 1.807) is 0 Å². The molecule has 0 aliphatic rings. The lowest BCUT2D eigenvalue weighted by molar-refractivity contribution is -0.242. The minimum Gasteiger partial charge on any atom is -0.495 e. The monoisotopic (exact) mass is 400 g/mol. The number of amides is 1. The van der Waals surface area contributed by atoms with E-state index in [1.165, 1.54) is 14.1 Å². The highest BCUT2D eigenvalue weighted by Crippen LogP contribution is 2.38. The van der Waals surface area contributed by atoms with Crippen molar-refractivity contribution in [1.29, 1.82) is 0 Å². The van der Waals surface area contributed by atoms with Crippen LogP contribution in [0.25, 0.3) is 0 Å².